The SMILES string of the molecule is COC(=O)COCCOCCOCCOCCOCCN1C(=O)c2ccccc2C1=O. The van der Waals surface area contributed by atoms with E-state index in [0.29, 0.717) is 64.0 Å². The Labute approximate surface area is 181 Å². The van der Waals surface area contributed by atoms with Crippen LogP contribution in [-0.4, -0.2) is 102 Å². The summed E-state index contributed by atoms with van der Waals surface area (Å²) in [5.41, 5.74) is 0.876. The van der Waals surface area contributed by atoms with Crippen LogP contribution in [-0.2, 0) is 33.2 Å². The molecule has 0 fully saturated rings. The molecule has 2 amide bonds. The summed E-state index contributed by atoms with van der Waals surface area (Å²) in [5.74, 6) is -0.984. The number of rotatable bonds is 17. The third kappa shape index (κ3) is 8.72. The molecule has 1 heterocycles. The van der Waals surface area contributed by atoms with Crippen molar-refractivity contribution in [1.82, 2.24) is 4.90 Å². The summed E-state index contributed by atoms with van der Waals surface area (Å²) in [5, 5.41) is 0. The Kier molecular flexibility index (Phi) is 11.7. The van der Waals surface area contributed by atoms with E-state index in [0.717, 1.165) is 0 Å². The number of amides is 2. The topological polar surface area (TPSA) is 110 Å². The Morgan fingerprint density at radius 3 is 1.58 bits per heavy atom. The number of methoxy groups -OCH3 is 1. The quantitative estimate of drug-likeness (QED) is 0.195. The van der Waals surface area contributed by atoms with E-state index in [4.69, 9.17) is 23.7 Å². The van der Waals surface area contributed by atoms with Crippen molar-refractivity contribution in [3.05, 3.63) is 35.4 Å². The first-order valence-corrected chi connectivity index (χ1v) is 10.1. The lowest BCUT2D eigenvalue weighted by Gasteiger charge is -2.13. The Morgan fingerprint density at radius 2 is 1.13 bits per heavy atom. The van der Waals surface area contributed by atoms with Crippen LogP contribution in [0.1, 0.15) is 20.7 Å². The number of ether oxygens (including phenoxy) is 6. The van der Waals surface area contributed by atoms with Crippen LogP contribution in [0.15, 0.2) is 24.3 Å². The Morgan fingerprint density at radius 1 is 0.710 bits per heavy atom. The lowest BCUT2D eigenvalue weighted by atomic mass is 10.1. The smallest absolute Gasteiger partial charge is 0.331 e. The molecule has 10 nitrogen and oxygen atoms in total. The number of nitrogens with zero attached hydrogens (tertiary/aromatic N) is 1. The van der Waals surface area contributed by atoms with Crippen LogP contribution in [0.5, 0.6) is 0 Å². The number of fused-ring (bicyclic) bond motifs is 1. The standard InChI is InChI=1S/C21H29NO9/c1-26-19(23)16-31-15-14-30-13-12-29-11-10-28-9-8-27-7-6-22-20(24)17-4-2-3-5-18(17)21(22)25/h2-5H,6-16H2,1H3. The van der Waals surface area contributed by atoms with Crippen LogP contribution in [0.4, 0.5) is 0 Å². The summed E-state index contributed by atoms with van der Waals surface area (Å²) in [4.78, 5) is 36.4. The molecule has 0 radical (unpaired) electrons. The number of esters is 1. The summed E-state index contributed by atoms with van der Waals surface area (Å²) in [6.45, 7) is 3.51. The zero-order valence-electron chi connectivity index (χ0n) is 17.7. The first kappa shape index (κ1) is 24.9. The van der Waals surface area contributed by atoms with Gasteiger partial charge >= 0.3 is 5.97 Å². The van der Waals surface area contributed by atoms with E-state index in [2.05, 4.69) is 4.74 Å². The van der Waals surface area contributed by atoms with Crippen LogP contribution in [0.2, 0.25) is 0 Å². The summed E-state index contributed by atoms with van der Waals surface area (Å²) < 4.78 is 30.9. The van der Waals surface area contributed by atoms with Crippen molar-refractivity contribution < 1.29 is 42.8 Å². The van der Waals surface area contributed by atoms with Gasteiger partial charge in [0.25, 0.3) is 11.8 Å². The van der Waals surface area contributed by atoms with Gasteiger partial charge in [-0.2, -0.15) is 0 Å². The van der Waals surface area contributed by atoms with Crippen molar-refractivity contribution in [2.75, 3.05) is 79.7 Å². The second kappa shape index (κ2) is 14.6. The first-order chi connectivity index (χ1) is 15.1. The summed E-state index contributed by atoms with van der Waals surface area (Å²) in [6.07, 6.45) is 0. The van der Waals surface area contributed by atoms with Gasteiger partial charge in [-0.3, -0.25) is 14.5 Å². The minimum absolute atomic E-state index is 0.0832. The Bertz CT molecular complexity index is 675. The molecule has 0 aliphatic carbocycles. The normalized spacial score (nSPS) is 13.0. The zero-order valence-corrected chi connectivity index (χ0v) is 17.7. The van der Waals surface area contributed by atoms with Crippen molar-refractivity contribution in [3.8, 4) is 0 Å². The fourth-order valence-electron chi connectivity index (χ4n) is 2.69. The van der Waals surface area contributed by atoms with E-state index in [9.17, 15) is 14.4 Å². The highest BCUT2D eigenvalue weighted by atomic mass is 16.6. The highest BCUT2D eigenvalue weighted by Gasteiger charge is 2.34. The summed E-state index contributed by atoms with van der Waals surface area (Å²) in [7, 11) is 1.30. The van der Waals surface area contributed by atoms with Gasteiger partial charge in [-0.05, 0) is 12.1 Å². The fraction of sp³-hybridized carbons (Fsp3) is 0.571. The van der Waals surface area contributed by atoms with E-state index in [1.165, 1.54) is 12.0 Å². The highest BCUT2D eigenvalue weighted by molar-refractivity contribution is 6.21. The third-order valence-corrected chi connectivity index (χ3v) is 4.27. The van der Waals surface area contributed by atoms with Gasteiger partial charge in [0.05, 0.1) is 84.2 Å². The maximum atomic E-state index is 12.2. The number of imide groups is 1. The predicted molar refractivity (Wildman–Crippen MR) is 108 cm³/mol. The molecule has 1 aliphatic heterocycles. The van der Waals surface area contributed by atoms with Gasteiger partial charge in [0.2, 0.25) is 0 Å². The average Bonchev–Trinajstić information content (AvgIpc) is 3.03. The molecule has 172 valence electrons. The third-order valence-electron chi connectivity index (χ3n) is 4.27. The van der Waals surface area contributed by atoms with Gasteiger partial charge in [-0.1, -0.05) is 12.1 Å². The molecular weight excluding hydrogens is 410 g/mol. The molecule has 31 heavy (non-hydrogen) atoms. The maximum absolute atomic E-state index is 12.2. The molecule has 0 aromatic heterocycles. The van der Waals surface area contributed by atoms with E-state index < -0.39 is 5.97 Å². The van der Waals surface area contributed by atoms with E-state index in [-0.39, 0.29) is 31.6 Å². The van der Waals surface area contributed by atoms with Crippen molar-refractivity contribution in [2.24, 2.45) is 0 Å². The molecule has 1 aliphatic rings. The van der Waals surface area contributed by atoms with E-state index >= 15 is 0 Å². The van der Waals surface area contributed by atoms with Gasteiger partial charge < -0.3 is 28.4 Å². The Hall–Kier alpha value is -2.37. The monoisotopic (exact) mass is 439 g/mol. The molecule has 1 aromatic rings. The largest absolute Gasteiger partial charge is 0.467 e. The van der Waals surface area contributed by atoms with Crippen molar-refractivity contribution in [3.63, 3.8) is 0 Å². The highest BCUT2D eigenvalue weighted by Crippen LogP contribution is 2.21. The van der Waals surface area contributed by atoms with Gasteiger partial charge in [0.15, 0.2) is 0 Å². The molecule has 1 aromatic carbocycles. The lowest BCUT2D eigenvalue weighted by Crippen LogP contribution is -2.33. The number of carbonyl (C=O) groups excluding carboxylic acids is 3. The summed E-state index contributed by atoms with van der Waals surface area (Å²) >= 11 is 0. The fourth-order valence-corrected chi connectivity index (χ4v) is 2.69. The van der Waals surface area contributed by atoms with Crippen LogP contribution in [0.25, 0.3) is 0 Å². The first-order valence-electron chi connectivity index (χ1n) is 10.1. The Balaban J connectivity index is 1.35. The number of carbonyl (C=O) groups is 3. The second-order valence-corrected chi connectivity index (χ2v) is 6.39. The summed E-state index contributed by atoms with van der Waals surface area (Å²) in [6, 6.07) is 6.78. The van der Waals surface area contributed by atoms with Crippen molar-refractivity contribution in [1.29, 1.82) is 0 Å². The van der Waals surface area contributed by atoms with Gasteiger partial charge in [-0.15, -0.1) is 0 Å². The number of hydrogen-bond donors (Lipinski definition) is 0. The van der Waals surface area contributed by atoms with E-state index in [1.807, 2.05) is 0 Å². The maximum Gasteiger partial charge on any atom is 0.331 e. The minimum Gasteiger partial charge on any atom is -0.467 e. The average molecular weight is 439 g/mol. The predicted octanol–water partition coefficient (Wildman–Crippen LogP) is 0.539. The molecule has 0 unspecified atom stereocenters. The van der Waals surface area contributed by atoms with Crippen LogP contribution >= 0.6 is 0 Å². The molecule has 0 atom stereocenters. The lowest BCUT2D eigenvalue weighted by molar-refractivity contribution is -0.146. The molecule has 0 saturated carbocycles. The molecule has 0 spiro atoms. The molecule has 10 heteroatoms. The number of hydrogen-bond acceptors (Lipinski definition) is 9. The van der Waals surface area contributed by atoms with Gasteiger partial charge in [-0.25, -0.2) is 4.79 Å². The molecule has 0 saturated heterocycles. The number of benzene rings is 1. The van der Waals surface area contributed by atoms with Crippen molar-refractivity contribution in [2.45, 2.75) is 0 Å². The molecule has 2 rings (SSSR count). The molecule has 0 N–H and O–H groups in total. The van der Waals surface area contributed by atoms with Gasteiger partial charge in [0, 0.05) is 0 Å². The zero-order chi connectivity index (χ0) is 22.3. The molecule has 0 bridgehead atoms. The minimum atomic E-state index is -0.420. The van der Waals surface area contributed by atoms with Crippen molar-refractivity contribution >= 4 is 17.8 Å². The second-order valence-electron chi connectivity index (χ2n) is 6.39. The van der Waals surface area contributed by atoms with Crippen LogP contribution in [0.3, 0.4) is 0 Å². The van der Waals surface area contributed by atoms with Gasteiger partial charge in [0.1, 0.15) is 6.61 Å². The van der Waals surface area contributed by atoms with Crippen LogP contribution < -0.4 is 0 Å². The van der Waals surface area contributed by atoms with Crippen LogP contribution in [0, 0.1) is 0 Å². The molecular formula is C21H29NO9. The van der Waals surface area contributed by atoms with E-state index in [1.54, 1.807) is 24.3 Å².